The molecule has 1 aliphatic heterocycles. The number of aromatic nitrogens is 2. The lowest BCUT2D eigenvalue weighted by atomic mass is 9.91. The van der Waals surface area contributed by atoms with Gasteiger partial charge in [-0.3, -0.25) is 4.90 Å². The van der Waals surface area contributed by atoms with Gasteiger partial charge in [-0.1, -0.05) is 30.3 Å². The fraction of sp³-hybridized carbons (Fsp3) is 0.261. The van der Waals surface area contributed by atoms with Gasteiger partial charge in [0.2, 0.25) is 0 Å². The molecule has 0 aliphatic carbocycles. The molecular weight excluding hydrogens is 366 g/mol. The minimum atomic E-state index is 0.185. The van der Waals surface area contributed by atoms with E-state index in [0.717, 1.165) is 35.8 Å². The van der Waals surface area contributed by atoms with Crippen molar-refractivity contribution in [3.63, 3.8) is 0 Å². The molecule has 0 radical (unpaired) electrons. The Hall–Kier alpha value is -2.63. The third-order valence-corrected chi connectivity index (χ3v) is 6.46. The zero-order valence-electron chi connectivity index (χ0n) is 16.1. The average molecular weight is 390 g/mol. The molecule has 4 nitrogen and oxygen atoms in total. The molecule has 28 heavy (non-hydrogen) atoms. The fourth-order valence-corrected chi connectivity index (χ4v) is 5.06. The molecule has 5 rings (SSSR count). The van der Waals surface area contributed by atoms with Gasteiger partial charge in [-0.25, -0.2) is 4.98 Å². The van der Waals surface area contributed by atoms with Gasteiger partial charge >= 0.3 is 0 Å². The van der Waals surface area contributed by atoms with Gasteiger partial charge in [0.25, 0.3) is 0 Å². The summed E-state index contributed by atoms with van der Waals surface area (Å²) in [6.45, 7) is 3.99. The summed E-state index contributed by atoms with van der Waals surface area (Å²) < 4.78 is 5.49. The van der Waals surface area contributed by atoms with Gasteiger partial charge in [0, 0.05) is 34.7 Å². The predicted molar refractivity (Wildman–Crippen MR) is 114 cm³/mol. The first kappa shape index (κ1) is 17.5. The van der Waals surface area contributed by atoms with Crippen LogP contribution in [0.15, 0.2) is 54.0 Å². The van der Waals surface area contributed by atoms with Gasteiger partial charge in [-0.2, -0.15) is 0 Å². The van der Waals surface area contributed by atoms with Crippen LogP contribution in [0.3, 0.4) is 0 Å². The van der Waals surface area contributed by atoms with Crippen molar-refractivity contribution in [1.29, 1.82) is 0 Å². The van der Waals surface area contributed by atoms with Crippen LogP contribution in [0.5, 0.6) is 5.75 Å². The van der Waals surface area contributed by atoms with E-state index < -0.39 is 0 Å². The highest BCUT2D eigenvalue weighted by molar-refractivity contribution is 7.09. The van der Waals surface area contributed by atoms with Crippen molar-refractivity contribution in [3.05, 3.63) is 81.4 Å². The fourth-order valence-electron chi connectivity index (χ4n) is 4.42. The lowest BCUT2D eigenvalue weighted by Gasteiger charge is -2.36. The van der Waals surface area contributed by atoms with Crippen molar-refractivity contribution in [2.45, 2.75) is 25.9 Å². The number of rotatable bonds is 4. The number of ether oxygens (including phenoxy) is 1. The van der Waals surface area contributed by atoms with E-state index >= 15 is 0 Å². The summed E-state index contributed by atoms with van der Waals surface area (Å²) in [5, 5.41) is 4.57. The lowest BCUT2D eigenvalue weighted by Crippen LogP contribution is -2.35. The van der Waals surface area contributed by atoms with E-state index in [1.165, 1.54) is 27.7 Å². The van der Waals surface area contributed by atoms with Crippen molar-refractivity contribution < 1.29 is 4.74 Å². The third-order valence-electron chi connectivity index (χ3n) is 5.69. The molecule has 3 heterocycles. The van der Waals surface area contributed by atoms with Crippen LogP contribution >= 0.6 is 11.3 Å². The number of fused-ring (bicyclic) bond motifs is 3. The van der Waals surface area contributed by atoms with Crippen LogP contribution in [0.25, 0.3) is 10.9 Å². The summed E-state index contributed by atoms with van der Waals surface area (Å²) in [7, 11) is 1.73. The van der Waals surface area contributed by atoms with Gasteiger partial charge in [0.05, 0.1) is 19.7 Å². The van der Waals surface area contributed by atoms with Crippen molar-refractivity contribution in [3.8, 4) is 5.75 Å². The van der Waals surface area contributed by atoms with Crippen LogP contribution in [-0.2, 0) is 13.0 Å². The summed E-state index contributed by atoms with van der Waals surface area (Å²) in [6, 6.07) is 15.4. The molecule has 0 saturated carbocycles. The van der Waals surface area contributed by atoms with Crippen molar-refractivity contribution in [1.82, 2.24) is 14.9 Å². The van der Waals surface area contributed by atoms with E-state index in [1.54, 1.807) is 18.4 Å². The number of nitrogens with zero attached hydrogens (tertiary/aromatic N) is 2. The first-order valence-electron chi connectivity index (χ1n) is 9.61. The van der Waals surface area contributed by atoms with Crippen LogP contribution in [0.2, 0.25) is 0 Å². The Morgan fingerprint density at radius 1 is 1.25 bits per heavy atom. The molecule has 1 N–H and O–H groups in total. The zero-order valence-corrected chi connectivity index (χ0v) is 16.9. The maximum absolute atomic E-state index is 5.49. The Kier molecular flexibility index (Phi) is 4.41. The highest BCUT2D eigenvalue weighted by Gasteiger charge is 2.32. The molecule has 142 valence electrons. The zero-order chi connectivity index (χ0) is 19.1. The Labute approximate surface area is 168 Å². The second kappa shape index (κ2) is 7.08. The van der Waals surface area contributed by atoms with Crippen LogP contribution in [-0.4, -0.2) is 28.5 Å². The van der Waals surface area contributed by atoms with Gasteiger partial charge in [-0.05, 0) is 42.2 Å². The molecule has 2 aromatic heterocycles. The van der Waals surface area contributed by atoms with Crippen LogP contribution < -0.4 is 4.74 Å². The van der Waals surface area contributed by atoms with Gasteiger partial charge < -0.3 is 9.72 Å². The van der Waals surface area contributed by atoms with Gasteiger partial charge in [0.15, 0.2) is 0 Å². The smallest absolute Gasteiger partial charge is 0.121 e. The Morgan fingerprint density at radius 2 is 2.14 bits per heavy atom. The molecular formula is C23H23N3OS. The second-order valence-electron chi connectivity index (χ2n) is 7.34. The van der Waals surface area contributed by atoms with Crippen molar-refractivity contribution in [2.75, 3.05) is 13.7 Å². The number of H-pyrrole nitrogens is 1. The predicted octanol–water partition coefficient (Wildman–Crippen LogP) is 5.09. The van der Waals surface area contributed by atoms with E-state index in [0.29, 0.717) is 0 Å². The van der Waals surface area contributed by atoms with Crippen molar-refractivity contribution in [2.24, 2.45) is 0 Å². The quantitative estimate of drug-likeness (QED) is 0.529. The highest BCUT2D eigenvalue weighted by atomic mass is 32.1. The SMILES string of the molecule is COc1ccc(C2c3[nH]c4ccccc4c3CCN2Cc2nccs2)cc1C. The van der Waals surface area contributed by atoms with Crippen LogP contribution in [0, 0.1) is 6.92 Å². The maximum Gasteiger partial charge on any atom is 0.121 e. The standard InChI is InChI=1S/C23H23N3OS/c1-15-13-16(7-8-20(15)27-2)23-22-18(17-5-3-4-6-19(17)25-22)9-11-26(23)14-21-24-10-12-28-21/h3-8,10,12-13,23,25H,9,11,14H2,1-2H3. The number of aromatic amines is 1. The van der Waals surface area contributed by atoms with Crippen molar-refractivity contribution >= 4 is 22.2 Å². The number of hydrogen-bond acceptors (Lipinski definition) is 4. The van der Waals surface area contributed by atoms with E-state index in [2.05, 4.69) is 69.6 Å². The van der Waals surface area contributed by atoms with E-state index in [9.17, 15) is 0 Å². The lowest BCUT2D eigenvalue weighted by molar-refractivity contribution is 0.201. The molecule has 0 amide bonds. The highest BCUT2D eigenvalue weighted by Crippen LogP contribution is 2.40. The Bertz CT molecular complexity index is 1120. The first-order chi connectivity index (χ1) is 13.7. The number of methoxy groups -OCH3 is 1. The summed E-state index contributed by atoms with van der Waals surface area (Å²) >= 11 is 1.73. The largest absolute Gasteiger partial charge is 0.496 e. The van der Waals surface area contributed by atoms with Crippen LogP contribution in [0.1, 0.15) is 33.4 Å². The normalized spacial score (nSPS) is 17.0. The molecule has 2 aromatic carbocycles. The van der Waals surface area contributed by atoms with E-state index in [-0.39, 0.29) is 6.04 Å². The molecule has 1 unspecified atom stereocenters. The molecule has 0 spiro atoms. The molecule has 0 fully saturated rings. The Balaban J connectivity index is 1.64. The minimum absolute atomic E-state index is 0.185. The van der Waals surface area contributed by atoms with E-state index in [4.69, 9.17) is 4.74 Å². The summed E-state index contributed by atoms with van der Waals surface area (Å²) in [4.78, 5) is 10.8. The summed E-state index contributed by atoms with van der Waals surface area (Å²) in [5.41, 5.74) is 6.44. The monoisotopic (exact) mass is 389 g/mol. The molecule has 1 atom stereocenters. The number of hydrogen-bond donors (Lipinski definition) is 1. The molecule has 0 saturated heterocycles. The molecule has 1 aliphatic rings. The molecule has 5 heteroatoms. The van der Waals surface area contributed by atoms with Gasteiger partial charge in [-0.15, -0.1) is 11.3 Å². The van der Waals surface area contributed by atoms with E-state index in [1.807, 2.05) is 6.20 Å². The average Bonchev–Trinajstić information content (AvgIpc) is 3.35. The summed E-state index contributed by atoms with van der Waals surface area (Å²) in [6.07, 6.45) is 2.95. The maximum atomic E-state index is 5.49. The Morgan fingerprint density at radius 3 is 2.93 bits per heavy atom. The number of para-hydroxylation sites is 1. The topological polar surface area (TPSA) is 41.1 Å². The van der Waals surface area contributed by atoms with Gasteiger partial charge in [0.1, 0.15) is 10.8 Å². The summed E-state index contributed by atoms with van der Waals surface area (Å²) in [5.74, 6) is 0.933. The minimum Gasteiger partial charge on any atom is -0.496 e. The number of thiazole rings is 1. The third kappa shape index (κ3) is 2.91. The number of aryl methyl sites for hydroxylation is 1. The second-order valence-corrected chi connectivity index (χ2v) is 8.32. The molecule has 4 aromatic rings. The first-order valence-corrected chi connectivity index (χ1v) is 10.5. The number of nitrogens with one attached hydrogen (secondary N) is 1. The van der Waals surface area contributed by atoms with Crippen LogP contribution in [0.4, 0.5) is 0 Å². The number of benzene rings is 2. The molecule has 0 bridgehead atoms.